The van der Waals surface area contributed by atoms with Crippen LogP contribution in [0.2, 0.25) is 0 Å². The Morgan fingerprint density at radius 2 is 1.77 bits per heavy atom. The second-order valence-corrected chi connectivity index (χ2v) is 5.20. The van der Waals surface area contributed by atoms with Crippen molar-refractivity contribution in [2.24, 2.45) is 0 Å². The van der Waals surface area contributed by atoms with Crippen LogP contribution in [0.25, 0.3) is 11.1 Å². The second-order valence-electron chi connectivity index (χ2n) is 4.59. The Balaban J connectivity index is 2.79. The molecule has 0 radical (unpaired) electrons. The summed E-state index contributed by atoms with van der Waals surface area (Å²) >= 11 is 4.99. The standard InChI is InChI=1S/C15H10F3NO2S/c1-9(22)10-6-7-14(19(20)21)12(8-10)11-4-2-3-5-13(11)15(16,17)18/h2-8H,1H3. The molecule has 0 aliphatic heterocycles. The summed E-state index contributed by atoms with van der Waals surface area (Å²) in [4.78, 5) is 10.9. The van der Waals surface area contributed by atoms with Crippen molar-refractivity contribution in [1.82, 2.24) is 0 Å². The van der Waals surface area contributed by atoms with Crippen LogP contribution in [0.3, 0.4) is 0 Å². The van der Waals surface area contributed by atoms with E-state index in [1.807, 2.05) is 0 Å². The largest absolute Gasteiger partial charge is 0.417 e. The third-order valence-corrected chi connectivity index (χ3v) is 3.36. The number of alkyl halides is 3. The van der Waals surface area contributed by atoms with Gasteiger partial charge in [0, 0.05) is 16.5 Å². The fourth-order valence-electron chi connectivity index (χ4n) is 2.10. The SMILES string of the molecule is CC(=S)c1ccc([N+](=O)[O-])c(-c2ccccc2C(F)(F)F)c1. The fourth-order valence-corrected chi connectivity index (χ4v) is 2.22. The lowest BCUT2D eigenvalue weighted by Gasteiger charge is -2.13. The van der Waals surface area contributed by atoms with E-state index in [0.717, 1.165) is 6.07 Å². The molecule has 2 rings (SSSR count). The van der Waals surface area contributed by atoms with Gasteiger partial charge < -0.3 is 0 Å². The summed E-state index contributed by atoms with van der Waals surface area (Å²) < 4.78 is 39.4. The molecule has 0 aliphatic carbocycles. The molecule has 0 atom stereocenters. The van der Waals surface area contributed by atoms with Crippen molar-refractivity contribution in [2.45, 2.75) is 13.1 Å². The molecule has 0 saturated heterocycles. The van der Waals surface area contributed by atoms with E-state index in [1.165, 1.54) is 36.4 Å². The van der Waals surface area contributed by atoms with Crippen LogP contribution in [0.5, 0.6) is 0 Å². The minimum absolute atomic E-state index is 0.0976. The van der Waals surface area contributed by atoms with Crippen LogP contribution in [0, 0.1) is 10.1 Å². The summed E-state index contributed by atoms with van der Waals surface area (Å²) in [5.74, 6) is 0. The van der Waals surface area contributed by atoms with Crippen molar-refractivity contribution < 1.29 is 18.1 Å². The van der Waals surface area contributed by atoms with E-state index in [0.29, 0.717) is 10.4 Å². The molecule has 0 saturated carbocycles. The Labute approximate surface area is 129 Å². The monoisotopic (exact) mass is 325 g/mol. The summed E-state index contributed by atoms with van der Waals surface area (Å²) in [5, 5.41) is 11.1. The van der Waals surface area contributed by atoms with Gasteiger partial charge in [0.05, 0.1) is 16.1 Å². The predicted octanol–water partition coefficient (Wildman–Crippen LogP) is 5.02. The molecular formula is C15H10F3NO2S. The first-order chi connectivity index (χ1) is 10.2. The van der Waals surface area contributed by atoms with Crippen molar-refractivity contribution in [3.8, 4) is 11.1 Å². The lowest BCUT2D eigenvalue weighted by atomic mass is 9.95. The Morgan fingerprint density at radius 1 is 1.14 bits per heavy atom. The molecule has 0 aliphatic rings. The Morgan fingerprint density at radius 3 is 2.32 bits per heavy atom. The lowest BCUT2D eigenvalue weighted by Crippen LogP contribution is -2.08. The number of nitrogens with zero attached hydrogens (tertiary/aromatic N) is 1. The fraction of sp³-hybridized carbons (Fsp3) is 0.133. The molecule has 2 aromatic carbocycles. The Hall–Kier alpha value is -2.28. The van der Waals surface area contributed by atoms with Gasteiger partial charge in [-0.2, -0.15) is 13.2 Å². The zero-order chi connectivity index (χ0) is 16.5. The summed E-state index contributed by atoms with van der Waals surface area (Å²) in [5.41, 5.74) is -1.17. The molecule has 0 unspecified atom stereocenters. The average molecular weight is 325 g/mol. The number of hydrogen-bond acceptors (Lipinski definition) is 3. The minimum Gasteiger partial charge on any atom is -0.258 e. The first-order valence-corrected chi connectivity index (χ1v) is 6.58. The quantitative estimate of drug-likeness (QED) is 0.344. The Kier molecular flexibility index (Phi) is 4.27. The highest BCUT2D eigenvalue weighted by Gasteiger charge is 2.34. The zero-order valence-electron chi connectivity index (χ0n) is 11.3. The second kappa shape index (κ2) is 5.84. The van der Waals surface area contributed by atoms with Crippen molar-refractivity contribution >= 4 is 22.8 Å². The van der Waals surface area contributed by atoms with Gasteiger partial charge in [0.15, 0.2) is 0 Å². The molecule has 0 heterocycles. The van der Waals surface area contributed by atoms with Gasteiger partial charge in [0.25, 0.3) is 5.69 Å². The first-order valence-electron chi connectivity index (χ1n) is 6.18. The number of nitro groups is 1. The summed E-state index contributed by atoms with van der Waals surface area (Å²) in [6, 6.07) is 8.69. The molecule has 114 valence electrons. The topological polar surface area (TPSA) is 43.1 Å². The van der Waals surface area contributed by atoms with Crippen LogP contribution >= 0.6 is 12.2 Å². The minimum atomic E-state index is -4.60. The van der Waals surface area contributed by atoms with Crippen molar-refractivity contribution in [3.05, 3.63) is 63.7 Å². The molecule has 0 bridgehead atoms. The molecule has 0 N–H and O–H groups in total. The molecular weight excluding hydrogens is 315 g/mol. The molecule has 3 nitrogen and oxygen atoms in total. The highest BCUT2D eigenvalue weighted by molar-refractivity contribution is 7.80. The van der Waals surface area contributed by atoms with Crippen LogP contribution in [0.4, 0.5) is 18.9 Å². The third-order valence-electron chi connectivity index (χ3n) is 3.12. The third kappa shape index (κ3) is 3.14. The predicted molar refractivity (Wildman–Crippen MR) is 80.9 cm³/mol. The molecule has 0 fully saturated rings. The maximum atomic E-state index is 13.1. The maximum Gasteiger partial charge on any atom is 0.417 e. The van der Waals surface area contributed by atoms with E-state index < -0.39 is 22.4 Å². The molecule has 0 spiro atoms. The van der Waals surface area contributed by atoms with Gasteiger partial charge in [-0.05, 0) is 30.7 Å². The average Bonchev–Trinajstić information content (AvgIpc) is 2.45. The maximum absolute atomic E-state index is 13.1. The number of halogens is 3. The van der Waals surface area contributed by atoms with Crippen LogP contribution in [0.1, 0.15) is 18.1 Å². The van der Waals surface area contributed by atoms with Crippen molar-refractivity contribution in [3.63, 3.8) is 0 Å². The summed E-state index contributed by atoms with van der Waals surface area (Å²) in [6.07, 6.45) is -4.60. The van der Waals surface area contributed by atoms with Gasteiger partial charge >= 0.3 is 6.18 Å². The number of rotatable bonds is 3. The van der Waals surface area contributed by atoms with Crippen LogP contribution in [0.15, 0.2) is 42.5 Å². The molecule has 2 aromatic rings. The molecule has 22 heavy (non-hydrogen) atoms. The van der Waals surface area contributed by atoms with Gasteiger partial charge in [-0.3, -0.25) is 10.1 Å². The van der Waals surface area contributed by atoms with Crippen LogP contribution in [-0.4, -0.2) is 9.79 Å². The molecule has 0 aromatic heterocycles. The van der Waals surface area contributed by atoms with E-state index in [-0.39, 0.29) is 11.1 Å². The lowest BCUT2D eigenvalue weighted by molar-refractivity contribution is -0.384. The van der Waals surface area contributed by atoms with Gasteiger partial charge in [0.2, 0.25) is 0 Å². The number of thiocarbonyl (C=S) groups is 1. The van der Waals surface area contributed by atoms with E-state index in [1.54, 1.807) is 6.92 Å². The Bertz CT molecular complexity index is 757. The number of nitro benzene ring substituents is 1. The summed E-state index contributed by atoms with van der Waals surface area (Å²) in [6.45, 7) is 1.61. The van der Waals surface area contributed by atoms with Gasteiger partial charge in [-0.25, -0.2) is 0 Å². The highest BCUT2D eigenvalue weighted by atomic mass is 32.1. The van der Waals surface area contributed by atoms with Gasteiger partial charge in [0.1, 0.15) is 0 Å². The number of benzene rings is 2. The number of hydrogen-bond donors (Lipinski definition) is 0. The van der Waals surface area contributed by atoms with E-state index in [4.69, 9.17) is 12.2 Å². The smallest absolute Gasteiger partial charge is 0.258 e. The first kappa shape index (κ1) is 16.1. The van der Waals surface area contributed by atoms with Gasteiger partial charge in [-0.1, -0.05) is 30.4 Å². The van der Waals surface area contributed by atoms with Crippen molar-refractivity contribution in [2.75, 3.05) is 0 Å². The van der Waals surface area contributed by atoms with Crippen LogP contribution < -0.4 is 0 Å². The summed E-state index contributed by atoms with van der Waals surface area (Å²) in [7, 11) is 0. The molecule has 7 heteroatoms. The van der Waals surface area contributed by atoms with Crippen LogP contribution in [-0.2, 0) is 6.18 Å². The highest BCUT2D eigenvalue weighted by Crippen LogP contribution is 2.40. The van der Waals surface area contributed by atoms with E-state index in [2.05, 4.69) is 0 Å². The van der Waals surface area contributed by atoms with E-state index >= 15 is 0 Å². The normalized spacial score (nSPS) is 11.3. The van der Waals surface area contributed by atoms with E-state index in [9.17, 15) is 23.3 Å². The molecule has 0 amide bonds. The van der Waals surface area contributed by atoms with Gasteiger partial charge in [-0.15, -0.1) is 0 Å². The van der Waals surface area contributed by atoms with Crippen molar-refractivity contribution in [1.29, 1.82) is 0 Å². The zero-order valence-corrected chi connectivity index (χ0v) is 12.2.